The van der Waals surface area contributed by atoms with Crippen LogP contribution in [0.4, 0.5) is 13.2 Å². The first-order chi connectivity index (χ1) is 14.9. The number of ether oxygens (including phenoxy) is 2. The van der Waals surface area contributed by atoms with E-state index in [9.17, 15) is 18.0 Å². The summed E-state index contributed by atoms with van der Waals surface area (Å²) in [6.07, 6.45) is -3.50. The SMILES string of the molecule is C=C(Cc1nc(-c2ccc(Oc3ccnc(C(F)(F)F)c3)cc2)no1)C(=O)OC(C)(C)C. The summed E-state index contributed by atoms with van der Waals surface area (Å²) >= 11 is 0. The highest BCUT2D eigenvalue weighted by Gasteiger charge is 2.32. The molecule has 168 valence electrons. The van der Waals surface area contributed by atoms with Gasteiger partial charge in [0.1, 0.15) is 22.8 Å². The Labute approximate surface area is 181 Å². The molecule has 3 aromatic rings. The molecule has 0 radical (unpaired) electrons. The molecule has 0 atom stereocenters. The molecular formula is C22H20F3N3O4. The van der Waals surface area contributed by atoms with Gasteiger partial charge in [-0.25, -0.2) is 4.79 Å². The smallest absolute Gasteiger partial charge is 0.433 e. The largest absolute Gasteiger partial charge is 0.457 e. The number of benzene rings is 1. The van der Waals surface area contributed by atoms with E-state index >= 15 is 0 Å². The molecule has 0 saturated heterocycles. The zero-order chi connectivity index (χ0) is 23.5. The summed E-state index contributed by atoms with van der Waals surface area (Å²) in [6, 6.07) is 8.50. The molecule has 0 bridgehead atoms. The van der Waals surface area contributed by atoms with Crippen molar-refractivity contribution in [1.82, 2.24) is 15.1 Å². The van der Waals surface area contributed by atoms with E-state index in [2.05, 4.69) is 21.7 Å². The van der Waals surface area contributed by atoms with Gasteiger partial charge in [-0.05, 0) is 51.1 Å². The number of esters is 1. The van der Waals surface area contributed by atoms with Gasteiger partial charge in [-0.2, -0.15) is 18.2 Å². The number of halogens is 3. The molecule has 0 N–H and O–H groups in total. The minimum absolute atomic E-state index is 0.00239. The minimum atomic E-state index is -4.56. The lowest BCUT2D eigenvalue weighted by Crippen LogP contribution is -2.25. The number of carbonyl (C=O) groups is 1. The van der Waals surface area contributed by atoms with Gasteiger partial charge in [0.15, 0.2) is 0 Å². The highest BCUT2D eigenvalue weighted by molar-refractivity contribution is 5.88. The molecule has 0 unspecified atom stereocenters. The van der Waals surface area contributed by atoms with Crippen LogP contribution in [0.2, 0.25) is 0 Å². The lowest BCUT2D eigenvalue weighted by atomic mass is 10.1. The molecule has 0 aliphatic carbocycles. The average Bonchev–Trinajstić information content (AvgIpc) is 3.15. The third-order valence-electron chi connectivity index (χ3n) is 3.89. The Bertz CT molecular complexity index is 1120. The molecule has 0 aliphatic rings. The van der Waals surface area contributed by atoms with E-state index in [1.54, 1.807) is 45.0 Å². The van der Waals surface area contributed by atoms with Gasteiger partial charge in [-0.15, -0.1) is 0 Å². The Morgan fingerprint density at radius 1 is 1.09 bits per heavy atom. The van der Waals surface area contributed by atoms with E-state index < -0.39 is 23.4 Å². The predicted octanol–water partition coefficient (Wildman–Crippen LogP) is 5.38. The van der Waals surface area contributed by atoms with Crippen LogP contribution < -0.4 is 4.74 Å². The molecule has 0 spiro atoms. The Morgan fingerprint density at radius 2 is 1.78 bits per heavy atom. The fourth-order valence-electron chi connectivity index (χ4n) is 2.49. The molecule has 0 saturated carbocycles. The molecular weight excluding hydrogens is 427 g/mol. The summed E-state index contributed by atoms with van der Waals surface area (Å²) < 4.78 is 54.2. The van der Waals surface area contributed by atoms with E-state index in [0.29, 0.717) is 11.3 Å². The van der Waals surface area contributed by atoms with Gasteiger partial charge in [0.2, 0.25) is 11.7 Å². The highest BCUT2D eigenvalue weighted by Crippen LogP contribution is 2.31. The molecule has 0 aliphatic heterocycles. The third kappa shape index (κ3) is 6.16. The van der Waals surface area contributed by atoms with Gasteiger partial charge in [0, 0.05) is 23.4 Å². The zero-order valence-corrected chi connectivity index (χ0v) is 17.6. The van der Waals surface area contributed by atoms with Crippen LogP contribution in [0.15, 0.2) is 59.3 Å². The Balaban J connectivity index is 1.65. The van der Waals surface area contributed by atoms with Crippen LogP contribution >= 0.6 is 0 Å². The number of alkyl halides is 3. The van der Waals surface area contributed by atoms with Crippen LogP contribution in [-0.4, -0.2) is 26.7 Å². The fourth-order valence-corrected chi connectivity index (χ4v) is 2.49. The van der Waals surface area contributed by atoms with Crippen molar-refractivity contribution in [3.8, 4) is 22.9 Å². The van der Waals surface area contributed by atoms with Crippen molar-refractivity contribution in [3.63, 3.8) is 0 Å². The standard InChI is InChI=1S/C22H20F3N3O4/c1-13(20(29)31-21(2,3)4)11-18-27-19(28-32-18)14-5-7-15(8-6-14)30-16-9-10-26-17(12-16)22(23,24)25/h5-10,12H,1,11H2,2-4H3. The lowest BCUT2D eigenvalue weighted by molar-refractivity contribution is -0.150. The van der Waals surface area contributed by atoms with Gasteiger partial charge in [-0.1, -0.05) is 11.7 Å². The number of hydrogen-bond acceptors (Lipinski definition) is 7. The fraction of sp³-hybridized carbons (Fsp3) is 0.273. The molecule has 2 aromatic heterocycles. The van der Waals surface area contributed by atoms with E-state index in [-0.39, 0.29) is 29.5 Å². The summed E-state index contributed by atoms with van der Waals surface area (Å²) in [5.74, 6) is 0.223. The van der Waals surface area contributed by atoms with Gasteiger partial charge < -0.3 is 14.0 Å². The van der Waals surface area contributed by atoms with Gasteiger partial charge in [0.25, 0.3) is 0 Å². The minimum Gasteiger partial charge on any atom is -0.457 e. The average molecular weight is 447 g/mol. The van der Waals surface area contributed by atoms with E-state index in [1.807, 2.05) is 0 Å². The Kier molecular flexibility index (Phi) is 6.33. The first-order valence-electron chi connectivity index (χ1n) is 9.46. The van der Waals surface area contributed by atoms with E-state index in [1.165, 1.54) is 6.07 Å². The number of hydrogen-bond donors (Lipinski definition) is 0. The molecule has 0 fully saturated rings. The van der Waals surface area contributed by atoms with Gasteiger partial charge in [-0.3, -0.25) is 4.98 Å². The summed E-state index contributed by atoms with van der Waals surface area (Å²) in [4.78, 5) is 19.5. The Hall–Kier alpha value is -3.69. The number of carbonyl (C=O) groups excluding carboxylic acids is 1. The third-order valence-corrected chi connectivity index (χ3v) is 3.89. The second kappa shape index (κ2) is 8.81. The van der Waals surface area contributed by atoms with Crippen LogP contribution in [0.5, 0.6) is 11.5 Å². The van der Waals surface area contributed by atoms with Crippen molar-refractivity contribution in [2.75, 3.05) is 0 Å². The monoisotopic (exact) mass is 447 g/mol. The number of pyridine rings is 1. The first kappa shape index (κ1) is 23.0. The van der Waals surface area contributed by atoms with Crippen LogP contribution in [0.25, 0.3) is 11.4 Å². The topological polar surface area (TPSA) is 87.3 Å². The van der Waals surface area contributed by atoms with E-state index in [4.69, 9.17) is 14.0 Å². The normalized spacial score (nSPS) is 11.8. The number of nitrogens with zero attached hydrogens (tertiary/aromatic N) is 3. The second-order valence-electron chi connectivity index (χ2n) is 7.79. The maximum atomic E-state index is 12.8. The van der Waals surface area contributed by atoms with E-state index in [0.717, 1.165) is 12.3 Å². The molecule has 3 rings (SSSR count). The van der Waals surface area contributed by atoms with Crippen molar-refractivity contribution in [2.24, 2.45) is 0 Å². The van der Waals surface area contributed by atoms with Crippen LogP contribution in [-0.2, 0) is 22.1 Å². The summed E-state index contributed by atoms with van der Waals surface area (Å²) in [7, 11) is 0. The summed E-state index contributed by atoms with van der Waals surface area (Å²) in [5.41, 5.74) is -0.927. The van der Waals surface area contributed by atoms with Gasteiger partial charge in [0.05, 0.1) is 6.42 Å². The van der Waals surface area contributed by atoms with Crippen molar-refractivity contribution in [3.05, 3.63) is 66.3 Å². The maximum absolute atomic E-state index is 12.8. The highest BCUT2D eigenvalue weighted by atomic mass is 19.4. The summed E-state index contributed by atoms with van der Waals surface area (Å²) in [6.45, 7) is 8.95. The molecule has 0 amide bonds. The van der Waals surface area contributed by atoms with Crippen LogP contribution in [0.3, 0.4) is 0 Å². The van der Waals surface area contributed by atoms with Crippen molar-refractivity contribution in [2.45, 2.75) is 39.0 Å². The van der Waals surface area contributed by atoms with Gasteiger partial charge >= 0.3 is 12.1 Å². The summed E-state index contributed by atoms with van der Waals surface area (Å²) in [5, 5.41) is 3.87. The molecule has 10 heteroatoms. The molecule has 32 heavy (non-hydrogen) atoms. The lowest BCUT2D eigenvalue weighted by Gasteiger charge is -2.19. The van der Waals surface area contributed by atoms with Crippen molar-refractivity contribution in [1.29, 1.82) is 0 Å². The van der Waals surface area contributed by atoms with Crippen LogP contribution in [0.1, 0.15) is 32.4 Å². The van der Waals surface area contributed by atoms with Crippen molar-refractivity contribution >= 4 is 5.97 Å². The number of aromatic nitrogens is 3. The first-order valence-corrected chi connectivity index (χ1v) is 9.46. The molecule has 2 heterocycles. The van der Waals surface area contributed by atoms with Crippen molar-refractivity contribution < 1.29 is 32.0 Å². The second-order valence-corrected chi connectivity index (χ2v) is 7.79. The quantitative estimate of drug-likeness (QED) is 0.370. The van der Waals surface area contributed by atoms with Crippen LogP contribution in [0, 0.1) is 0 Å². The number of rotatable bonds is 6. The maximum Gasteiger partial charge on any atom is 0.433 e. The molecule has 7 nitrogen and oxygen atoms in total. The zero-order valence-electron chi connectivity index (χ0n) is 17.6. The predicted molar refractivity (Wildman–Crippen MR) is 108 cm³/mol. The molecule has 1 aromatic carbocycles. The Morgan fingerprint density at radius 3 is 2.41 bits per heavy atom.